The van der Waals surface area contributed by atoms with E-state index in [1.54, 1.807) is 29.7 Å². The molecule has 13 heteroatoms. The predicted molar refractivity (Wildman–Crippen MR) is 104 cm³/mol. The van der Waals surface area contributed by atoms with Crippen molar-refractivity contribution in [2.45, 2.75) is 18.6 Å². The van der Waals surface area contributed by atoms with E-state index in [4.69, 9.17) is 9.90 Å². The standard InChI is InChI=1S/C16H16N6OS.C2HF3O2/c23-15(11-3-1-10(2-4-11)13-5-6-19-20-13)18-9-14-21-22-16(24-14)12-7-17-8-12;3-2(4,5)1(6)7/h1-6,12,17H,7-9H2,(H,18,23)(H,19,20);(H,6,7). The van der Waals surface area contributed by atoms with Gasteiger partial charge >= 0.3 is 12.1 Å². The second-order valence-electron chi connectivity index (χ2n) is 6.42. The fraction of sp³-hybridized carbons (Fsp3) is 0.278. The van der Waals surface area contributed by atoms with E-state index in [1.165, 1.54) is 0 Å². The highest BCUT2D eigenvalue weighted by Crippen LogP contribution is 2.23. The highest BCUT2D eigenvalue weighted by atomic mass is 32.1. The third-order valence-corrected chi connectivity index (χ3v) is 5.30. The van der Waals surface area contributed by atoms with E-state index in [0.29, 0.717) is 18.0 Å². The number of aromatic nitrogens is 4. The molecule has 0 radical (unpaired) electrons. The molecule has 31 heavy (non-hydrogen) atoms. The molecule has 1 saturated heterocycles. The van der Waals surface area contributed by atoms with E-state index >= 15 is 0 Å². The lowest BCUT2D eigenvalue weighted by atomic mass is 10.1. The Balaban J connectivity index is 0.000000339. The van der Waals surface area contributed by atoms with Gasteiger partial charge in [0.05, 0.1) is 12.2 Å². The Hall–Kier alpha value is -3.32. The molecule has 0 spiro atoms. The molecule has 1 aliphatic rings. The number of carboxylic acid groups (broad SMARTS) is 1. The lowest BCUT2D eigenvalue weighted by Gasteiger charge is -2.23. The fourth-order valence-electron chi connectivity index (χ4n) is 2.44. The summed E-state index contributed by atoms with van der Waals surface area (Å²) in [5, 5.41) is 30.3. The Kier molecular flexibility index (Phi) is 6.97. The summed E-state index contributed by atoms with van der Waals surface area (Å²) in [7, 11) is 0. The van der Waals surface area contributed by atoms with E-state index in [2.05, 4.69) is 31.0 Å². The summed E-state index contributed by atoms with van der Waals surface area (Å²) in [6, 6.07) is 9.29. The summed E-state index contributed by atoms with van der Waals surface area (Å²) in [5.41, 5.74) is 2.53. The van der Waals surface area contributed by atoms with Crippen LogP contribution in [0.4, 0.5) is 13.2 Å². The van der Waals surface area contributed by atoms with E-state index in [9.17, 15) is 18.0 Å². The van der Waals surface area contributed by atoms with E-state index in [0.717, 1.165) is 34.4 Å². The molecule has 9 nitrogen and oxygen atoms in total. The molecule has 0 aliphatic carbocycles. The van der Waals surface area contributed by atoms with E-state index in [-0.39, 0.29) is 5.91 Å². The van der Waals surface area contributed by atoms with Crippen LogP contribution in [0.2, 0.25) is 0 Å². The van der Waals surface area contributed by atoms with Gasteiger partial charge in [-0.1, -0.05) is 23.5 Å². The monoisotopic (exact) mass is 454 g/mol. The Morgan fingerprint density at radius 3 is 2.35 bits per heavy atom. The molecule has 0 unspecified atom stereocenters. The Labute approximate surface area is 177 Å². The van der Waals surface area contributed by atoms with Gasteiger partial charge in [-0.05, 0) is 23.8 Å². The van der Waals surface area contributed by atoms with Gasteiger partial charge in [-0.25, -0.2) is 4.79 Å². The van der Waals surface area contributed by atoms with Crippen molar-refractivity contribution in [2.75, 3.05) is 13.1 Å². The molecule has 164 valence electrons. The number of carbonyl (C=O) groups excluding carboxylic acids is 1. The van der Waals surface area contributed by atoms with Crippen LogP contribution in [0.3, 0.4) is 0 Å². The molecular formula is C18H17F3N6O3S. The van der Waals surface area contributed by atoms with Crippen molar-refractivity contribution in [3.63, 3.8) is 0 Å². The molecule has 3 aromatic rings. The largest absolute Gasteiger partial charge is 0.490 e. The van der Waals surface area contributed by atoms with Gasteiger partial charge in [0.25, 0.3) is 5.91 Å². The number of carboxylic acids is 1. The van der Waals surface area contributed by atoms with Crippen molar-refractivity contribution in [3.8, 4) is 11.3 Å². The number of rotatable bonds is 5. The molecule has 4 N–H and O–H groups in total. The van der Waals surface area contributed by atoms with E-state index < -0.39 is 12.1 Å². The fourth-order valence-corrected chi connectivity index (χ4v) is 3.32. The number of carbonyl (C=O) groups is 2. The van der Waals surface area contributed by atoms with Crippen molar-refractivity contribution < 1.29 is 27.9 Å². The van der Waals surface area contributed by atoms with Crippen LogP contribution < -0.4 is 10.6 Å². The average Bonchev–Trinajstić information content (AvgIpc) is 3.37. The maximum atomic E-state index is 12.2. The summed E-state index contributed by atoms with van der Waals surface area (Å²) >= 11 is 1.57. The molecule has 1 aromatic carbocycles. The van der Waals surface area contributed by atoms with Crippen LogP contribution in [0.15, 0.2) is 36.5 Å². The van der Waals surface area contributed by atoms with Gasteiger partial charge in [0, 0.05) is 30.8 Å². The number of halogens is 3. The van der Waals surface area contributed by atoms with Crippen molar-refractivity contribution in [1.29, 1.82) is 0 Å². The third-order valence-electron chi connectivity index (χ3n) is 4.21. The number of amides is 1. The van der Waals surface area contributed by atoms with Crippen molar-refractivity contribution in [3.05, 3.63) is 52.1 Å². The Morgan fingerprint density at radius 2 is 1.84 bits per heavy atom. The molecule has 0 atom stereocenters. The quantitative estimate of drug-likeness (QED) is 0.464. The first-order valence-corrected chi connectivity index (χ1v) is 9.77. The minimum absolute atomic E-state index is 0.117. The lowest BCUT2D eigenvalue weighted by Crippen LogP contribution is -2.39. The van der Waals surface area contributed by atoms with Gasteiger partial charge in [-0.2, -0.15) is 18.3 Å². The SMILES string of the molecule is O=C(NCc1nnc(C2CNC2)s1)c1ccc(-c2ccn[nH]2)cc1.O=C(O)C(F)(F)F. The normalized spacial score (nSPS) is 13.6. The molecule has 3 heterocycles. The number of nitrogens with zero attached hydrogens (tertiary/aromatic N) is 3. The molecule has 1 amide bonds. The zero-order valence-corrected chi connectivity index (χ0v) is 16.6. The first kappa shape index (κ1) is 22.4. The highest BCUT2D eigenvalue weighted by molar-refractivity contribution is 7.11. The van der Waals surface area contributed by atoms with Crippen LogP contribution >= 0.6 is 11.3 Å². The maximum Gasteiger partial charge on any atom is 0.490 e. The zero-order valence-electron chi connectivity index (χ0n) is 15.8. The van der Waals surface area contributed by atoms with Crippen LogP contribution in [0.5, 0.6) is 0 Å². The van der Waals surface area contributed by atoms with Crippen molar-refractivity contribution in [2.24, 2.45) is 0 Å². The highest BCUT2D eigenvalue weighted by Gasteiger charge is 2.38. The number of H-pyrrole nitrogens is 1. The molecular weight excluding hydrogens is 437 g/mol. The number of benzene rings is 1. The summed E-state index contributed by atoms with van der Waals surface area (Å²) < 4.78 is 31.7. The van der Waals surface area contributed by atoms with Gasteiger partial charge in [0.1, 0.15) is 10.0 Å². The van der Waals surface area contributed by atoms with Crippen LogP contribution in [-0.4, -0.2) is 56.6 Å². The number of nitrogens with one attached hydrogen (secondary N) is 3. The molecule has 0 saturated carbocycles. The number of aliphatic carboxylic acids is 1. The molecule has 4 rings (SSSR count). The summed E-state index contributed by atoms with van der Waals surface area (Å²) in [5.74, 6) is -2.40. The van der Waals surface area contributed by atoms with Gasteiger partial charge in [-0.3, -0.25) is 9.89 Å². The number of hydrogen-bond acceptors (Lipinski definition) is 7. The third kappa shape index (κ3) is 6.08. The second kappa shape index (κ2) is 9.66. The van der Waals surface area contributed by atoms with Crippen LogP contribution in [0.1, 0.15) is 26.3 Å². The van der Waals surface area contributed by atoms with Gasteiger partial charge in [0.2, 0.25) is 0 Å². The molecule has 2 aromatic heterocycles. The number of aromatic amines is 1. The zero-order chi connectivity index (χ0) is 22.4. The van der Waals surface area contributed by atoms with Gasteiger partial charge < -0.3 is 15.7 Å². The summed E-state index contributed by atoms with van der Waals surface area (Å²) in [6.45, 7) is 2.33. The second-order valence-corrected chi connectivity index (χ2v) is 7.52. The lowest BCUT2D eigenvalue weighted by molar-refractivity contribution is -0.192. The smallest absolute Gasteiger partial charge is 0.475 e. The minimum Gasteiger partial charge on any atom is -0.475 e. The number of alkyl halides is 3. The van der Waals surface area contributed by atoms with Crippen molar-refractivity contribution >= 4 is 23.2 Å². The number of hydrogen-bond donors (Lipinski definition) is 4. The van der Waals surface area contributed by atoms with Crippen molar-refractivity contribution in [1.82, 2.24) is 31.0 Å². The first-order chi connectivity index (χ1) is 14.7. The summed E-state index contributed by atoms with van der Waals surface area (Å²) in [6.07, 6.45) is -3.38. The Morgan fingerprint density at radius 1 is 1.16 bits per heavy atom. The van der Waals surface area contributed by atoms with Gasteiger partial charge in [-0.15, -0.1) is 10.2 Å². The maximum absolute atomic E-state index is 12.2. The molecule has 0 bridgehead atoms. The predicted octanol–water partition coefficient (Wildman–Crippen LogP) is 2.18. The van der Waals surface area contributed by atoms with Crippen LogP contribution in [0.25, 0.3) is 11.3 Å². The topological polar surface area (TPSA) is 133 Å². The Bertz CT molecular complexity index is 1020. The van der Waals surface area contributed by atoms with Crippen LogP contribution in [0, 0.1) is 0 Å². The minimum atomic E-state index is -5.08. The molecule has 1 fully saturated rings. The van der Waals surface area contributed by atoms with E-state index in [1.807, 2.05) is 18.2 Å². The average molecular weight is 454 g/mol. The summed E-state index contributed by atoms with van der Waals surface area (Å²) in [4.78, 5) is 21.1. The molecule has 1 aliphatic heterocycles. The van der Waals surface area contributed by atoms with Gasteiger partial charge in [0.15, 0.2) is 0 Å². The van der Waals surface area contributed by atoms with Crippen LogP contribution in [-0.2, 0) is 11.3 Å². The first-order valence-electron chi connectivity index (χ1n) is 8.95.